The minimum atomic E-state index is -0.538. The topological polar surface area (TPSA) is 44.8 Å². The van der Waals surface area contributed by atoms with E-state index in [2.05, 4.69) is 52.4 Å². The van der Waals surface area contributed by atoms with Crippen LogP contribution in [-0.2, 0) is 16.1 Å². The van der Waals surface area contributed by atoms with Gasteiger partial charge in [0.05, 0.1) is 13.3 Å². The molecule has 0 spiro atoms. The summed E-state index contributed by atoms with van der Waals surface area (Å²) in [4.78, 5) is 17.7. The van der Waals surface area contributed by atoms with Gasteiger partial charge in [-0.2, -0.15) is 0 Å². The molecule has 0 saturated carbocycles. The summed E-state index contributed by atoms with van der Waals surface area (Å²) < 4.78 is 5.29. The van der Waals surface area contributed by atoms with Crippen LogP contribution in [0.5, 0.6) is 0 Å². The van der Waals surface area contributed by atoms with E-state index in [0.717, 1.165) is 39.1 Å². The van der Waals surface area contributed by atoms with Gasteiger partial charge in [-0.3, -0.25) is 15.0 Å². The lowest BCUT2D eigenvalue weighted by molar-refractivity contribution is -0.157. The van der Waals surface area contributed by atoms with E-state index in [1.54, 1.807) is 0 Å². The predicted octanol–water partition coefficient (Wildman–Crippen LogP) is 1.82. The number of hydrogen-bond acceptors (Lipinski definition) is 5. The van der Waals surface area contributed by atoms with E-state index < -0.39 is 5.41 Å². The summed E-state index contributed by atoms with van der Waals surface area (Å²) >= 11 is 0. The summed E-state index contributed by atoms with van der Waals surface area (Å²) in [6.45, 7) is 6.66. The van der Waals surface area contributed by atoms with Crippen LogP contribution >= 0.6 is 0 Å². The zero-order valence-corrected chi connectivity index (χ0v) is 15.1. The van der Waals surface area contributed by atoms with Gasteiger partial charge in [0, 0.05) is 38.4 Å². The zero-order valence-electron chi connectivity index (χ0n) is 15.1. The molecule has 2 saturated heterocycles. The van der Waals surface area contributed by atoms with Crippen LogP contribution in [0.3, 0.4) is 0 Å². The van der Waals surface area contributed by atoms with E-state index in [0.29, 0.717) is 12.1 Å². The summed E-state index contributed by atoms with van der Waals surface area (Å²) in [5.41, 5.74) is 1.92. The third-order valence-corrected chi connectivity index (χ3v) is 5.91. The minimum Gasteiger partial charge on any atom is -0.468 e. The molecule has 0 radical (unpaired) electrons. The fraction of sp³-hybridized carbons (Fsp3) is 0.550. The summed E-state index contributed by atoms with van der Waals surface area (Å²) in [5.74, 6) is 0.323. The van der Waals surface area contributed by atoms with Crippen molar-refractivity contribution >= 4 is 5.97 Å². The number of nitrogens with zero attached hydrogens (tertiary/aromatic N) is 2. The monoisotopic (exact) mass is 341 g/mol. The van der Waals surface area contributed by atoms with Crippen molar-refractivity contribution in [1.82, 2.24) is 15.1 Å². The summed E-state index contributed by atoms with van der Waals surface area (Å²) in [6.07, 6.45) is 3.45. The van der Waals surface area contributed by atoms with Gasteiger partial charge in [-0.15, -0.1) is 0 Å². The molecule has 0 aliphatic carbocycles. The van der Waals surface area contributed by atoms with Crippen LogP contribution in [0, 0.1) is 11.3 Å². The molecule has 5 nitrogen and oxygen atoms in total. The minimum absolute atomic E-state index is 0.0892. The first-order valence-electron chi connectivity index (χ1n) is 9.19. The maximum atomic E-state index is 12.9. The van der Waals surface area contributed by atoms with Crippen LogP contribution in [0.2, 0.25) is 0 Å². The Morgan fingerprint density at radius 1 is 1.36 bits per heavy atom. The Hall–Kier alpha value is -1.85. The fourth-order valence-electron chi connectivity index (χ4n) is 4.93. The zero-order chi connectivity index (χ0) is 17.4. The van der Waals surface area contributed by atoms with Gasteiger partial charge in [0.25, 0.3) is 0 Å². The lowest BCUT2D eigenvalue weighted by atomic mass is 9.70. The number of carbonyl (C=O) groups excluding carboxylic acids is 1. The van der Waals surface area contributed by atoms with Crippen molar-refractivity contribution in [3.05, 3.63) is 47.7 Å². The fourth-order valence-corrected chi connectivity index (χ4v) is 4.93. The van der Waals surface area contributed by atoms with Gasteiger partial charge in [-0.05, 0) is 24.0 Å². The Morgan fingerprint density at radius 3 is 2.92 bits per heavy atom. The van der Waals surface area contributed by atoms with E-state index in [1.165, 1.54) is 18.4 Å². The van der Waals surface area contributed by atoms with Crippen molar-refractivity contribution in [2.24, 2.45) is 11.3 Å². The molecule has 2 fully saturated rings. The highest BCUT2D eigenvalue weighted by molar-refractivity contribution is 5.81. The van der Waals surface area contributed by atoms with Gasteiger partial charge in [0.1, 0.15) is 5.41 Å². The molecule has 3 heterocycles. The Labute approximate surface area is 149 Å². The maximum absolute atomic E-state index is 12.9. The normalized spacial score (nSPS) is 31.9. The molecule has 1 N–H and O–H groups in total. The molecule has 1 aromatic carbocycles. The molecule has 3 unspecified atom stereocenters. The third kappa shape index (κ3) is 2.75. The van der Waals surface area contributed by atoms with E-state index >= 15 is 0 Å². The smallest absolute Gasteiger partial charge is 0.319 e. The molecular weight excluding hydrogens is 314 g/mol. The molecule has 3 aliphatic rings. The van der Waals surface area contributed by atoms with Gasteiger partial charge < -0.3 is 9.64 Å². The second-order valence-corrected chi connectivity index (χ2v) is 7.59. The molecule has 0 amide bonds. The number of rotatable bonds is 3. The van der Waals surface area contributed by atoms with Crippen LogP contribution in [-0.4, -0.2) is 55.2 Å². The Balaban J connectivity index is 1.66. The van der Waals surface area contributed by atoms with Crippen LogP contribution < -0.4 is 5.32 Å². The highest BCUT2D eigenvalue weighted by atomic mass is 16.5. The lowest BCUT2D eigenvalue weighted by Crippen LogP contribution is -2.59. The highest BCUT2D eigenvalue weighted by Crippen LogP contribution is 2.47. The van der Waals surface area contributed by atoms with Gasteiger partial charge in [-0.1, -0.05) is 37.3 Å². The Kier molecular flexibility index (Phi) is 4.29. The van der Waals surface area contributed by atoms with Crippen molar-refractivity contribution in [2.75, 3.05) is 33.3 Å². The average molecular weight is 341 g/mol. The van der Waals surface area contributed by atoms with Gasteiger partial charge in [0.2, 0.25) is 0 Å². The van der Waals surface area contributed by atoms with Crippen molar-refractivity contribution in [1.29, 1.82) is 0 Å². The first kappa shape index (κ1) is 16.6. The molecule has 0 aromatic heterocycles. The standard InChI is InChI=1S/C20H27N3O2/c1-15-12-20(19(24)25-2)14-22(13-16-6-4-3-5-7-16)10-8-17(20)23-11-9-21-18(15)23/h3-8,15,18,21H,9-14H2,1-2H3. The van der Waals surface area contributed by atoms with Gasteiger partial charge >= 0.3 is 5.97 Å². The molecule has 3 atom stereocenters. The summed E-state index contributed by atoms with van der Waals surface area (Å²) in [6, 6.07) is 10.5. The van der Waals surface area contributed by atoms with Crippen LogP contribution in [0.25, 0.3) is 0 Å². The quantitative estimate of drug-likeness (QED) is 0.850. The number of nitrogens with one attached hydrogen (secondary N) is 1. The van der Waals surface area contributed by atoms with Crippen molar-refractivity contribution < 1.29 is 9.53 Å². The molecular formula is C20H27N3O2. The van der Waals surface area contributed by atoms with E-state index in [4.69, 9.17) is 4.74 Å². The van der Waals surface area contributed by atoms with E-state index in [1.807, 2.05) is 6.07 Å². The second kappa shape index (κ2) is 6.46. The number of methoxy groups -OCH3 is 1. The number of carbonyl (C=O) groups is 1. The number of hydrogen-bond donors (Lipinski definition) is 1. The molecule has 0 bridgehead atoms. The molecule has 4 rings (SSSR count). The Bertz CT molecular complexity index is 675. The predicted molar refractivity (Wildman–Crippen MR) is 96.5 cm³/mol. The number of piperidine rings is 1. The first-order chi connectivity index (χ1) is 12.1. The third-order valence-electron chi connectivity index (χ3n) is 5.91. The number of esters is 1. The number of ether oxygens (including phenoxy) is 1. The van der Waals surface area contributed by atoms with Crippen molar-refractivity contribution in [2.45, 2.75) is 26.1 Å². The maximum Gasteiger partial charge on any atom is 0.319 e. The number of benzene rings is 1. The molecule has 134 valence electrons. The van der Waals surface area contributed by atoms with E-state index in [-0.39, 0.29) is 5.97 Å². The Morgan fingerprint density at radius 2 is 2.16 bits per heavy atom. The van der Waals surface area contributed by atoms with E-state index in [9.17, 15) is 4.79 Å². The van der Waals surface area contributed by atoms with Gasteiger partial charge in [0.15, 0.2) is 0 Å². The molecule has 1 aromatic rings. The molecule has 25 heavy (non-hydrogen) atoms. The highest BCUT2D eigenvalue weighted by Gasteiger charge is 2.55. The SMILES string of the molecule is COC(=O)C12CC(C)C3NCCN3C1=CCN(Cc1ccccc1)C2. The summed E-state index contributed by atoms with van der Waals surface area (Å²) in [5, 5.41) is 3.59. The molecule has 5 heteroatoms. The van der Waals surface area contributed by atoms with Crippen molar-refractivity contribution in [3.8, 4) is 0 Å². The number of fused-ring (bicyclic) bond motifs is 3. The van der Waals surface area contributed by atoms with Crippen LogP contribution in [0.4, 0.5) is 0 Å². The molecule has 3 aliphatic heterocycles. The van der Waals surface area contributed by atoms with Gasteiger partial charge in [-0.25, -0.2) is 0 Å². The average Bonchev–Trinajstić information content (AvgIpc) is 3.12. The second-order valence-electron chi connectivity index (χ2n) is 7.59. The first-order valence-corrected chi connectivity index (χ1v) is 9.19. The van der Waals surface area contributed by atoms with Crippen LogP contribution in [0.1, 0.15) is 18.9 Å². The summed E-state index contributed by atoms with van der Waals surface area (Å²) in [7, 11) is 1.52. The lowest BCUT2D eigenvalue weighted by Gasteiger charge is -2.52. The van der Waals surface area contributed by atoms with Crippen LogP contribution in [0.15, 0.2) is 42.1 Å². The largest absolute Gasteiger partial charge is 0.468 e. The van der Waals surface area contributed by atoms with Crippen molar-refractivity contribution in [3.63, 3.8) is 0 Å².